The number of aromatic nitrogens is 4. The molecule has 4 heterocycles. The fourth-order valence-corrected chi connectivity index (χ4v) is 5.93. The smallest absolute Gasteiger partial charge is 0.478 e. The van der Waals surface area contributed by atoms with Crippen molar-refractivity contribution in [3.63, 3.8) is 0 Å². The Kier molecular flexibility index (Phi) is 8.53. The van der Waals surface area contributed by atoms with Crippen LogP contribution in [-0.4, -0.2) is 74.2 Å². The van der Waals surface area contributed by atoms with E-state index in [2.05, 4.69) is 34.3 Å². The van der Waals surface area contributed by atoms with Crippen molar-refractivity contribution in [2.24, 2.45) is 0 Å². The van der Waals surface area contributed by atoms with Gasteiger partial charge in [-0.05, 0) is 37.1 Å². The lowest BCUT2D eigenvalue weighted by Gasteiger charge is -2.34. The van der Waals surface area contributed by atoms with Crippen LogP contribution in [0.5, 0.6) is 0 Å². The molecule has 2 fully saturated rings. The van der Waals surface area contributed by atoms with Crippen molar-refractivity contribution in [3.05, 3.63) is 88.8 Å². The Labute approximate surface area is 265 Å². The summed E-state index contributed by atoms with van der Waals surface area (Å²) >= 11 is 6.55. The Morgan fingerprint density at radius 2 is 1.59 bits per heavy atom. The molecule has 2 aliphatic rings. The summed E-state index contributed by atoms with van der Waals surface area (Å²) in [5, 5.41) is 22.7. The number of para-hydroxylation sites is 1. The number of carboxylic acids is 2. The third kappa shape index (κ3) is 6.33. The van der Waals surface area contributed by atoms with E-state index in [1.807, 2.05) is 34.8 Å². The van der Waals surface area contributed by atoms with Crippen molar-refractivity contribution in [3.8, 4) is 11.3 Å². The number of rotatable bonds is 5. The minimum Gasteiger partial charge on any atom is -0.478 e. The highest BCUT2D eigenvalue weighted by Crippen LogP contribution is 2.49. The molecule has 238 valence electrons. The fraction of sp³-hybridized carbons (Fsp3) is 0.281. The Morgan fingerprint density at radius 1 is 0.913 bits per heavy atom. The van der Waals surface area contributed by atoms with Gasteiger partial charge in [0.15, 0.2) is 10.8 Å². The maximum atomic E-state index is 11.5. The largest absolute Gasteiger partial charge is 0.490 e. The van der Waals surface area contributed by atoms with Gasteiger partial charge in [0, 0.05) is 47.6 Å². The van der Waals surface area contributed by atoms with E-state index in [0.29, 0.717) is 24.3 Å². The van der Waals surface area contributed by atoms with E-state index in [4.69, 9.17) is 36.2 Å². The topological polar surface area (TPSA) is 130 Å². The number of carboxylic acid groups (broad SMARTS) is 2. The Morgan fingerprint density at radius 3 is 2.24 bits per heavy atom. The molecule has 0 spiro atoms. The number of aliphatic carboxylic acids is 1. The predicted molar refractivity (Wildman–Crippen MR) is 164 cm³/mol. The van der Waals surface area contributed by atoms with E-state index in [0.717, 1.165) is 70.8 Å². The minimum atomic E-state index is -5.08. The zero-order valence-corrected chi connectivity index (χ0v) is 24.9. The van der Waals surface area contributed by atoms with Gasteiger partial charge in [-0.2, -0.15) is 18.3 Å². The summed E-state index contributed by atoms with van der Waals surface area (Å²) in [6, 6.07) is 21.2. The first-order valence-corrected chi connectivity index (χ1v) is 14.8. The zero-order valence-electron chi connectivity index (χ0n) is 24.1. The molecule has 7 rings (SSSR count). The number of imidazole rings is 1. The van der Waals surface area contributed by atoms with Gasteiger partial charge in [0.25, 0.3) is 0 Å². The molecule has 1 aliphatic heterocycles. The second-order valence-electron chi connectivity index (χ2n) is 11.0. The molecule has 1 saturated carbocycles. The van der Waals surface area contributed by atoms with Crippen LogP contribution in [0.4, 0.5) is 18.9 Å². The van der Waals surface area contributed by atoms with Gasteiger partial charge in [-0.1, -0.05) is 48.0 Å². The maximum Gasteiger partial charge on any atom is 0.490 e. The highest BCUT2D eigenvalue weighted by molar-refractivity contribution is 6.29. The van der Waals surface area contributed by atoms with Crippen LogP contribution in [-0.2, 0) is 9.53 Å². The standard InChI is InChI=1S/C30H26ClN5O3.C2HF3O2/c31-26-17-25(35-11-13-39-14-12-35)29-33-27(28(36(29)34-26)19-5-7-20(8-6-19)30(37)38)22-15-21(16-22)24-10-9-18-3-1-2-4-23(18)32-24;3-2(4,5)1(6)7/h1-10,17,21-22H,11-16H2,(H,37,38);(H,6,7). The van der Waals surface area contributed by atoms with Crippen molar-refractivity contribution in [2.75, 3.05) is 31.2 Å². The van der Waals surface area contributed by atoms with E-state index >= 15 is 0 Å². The quantitative estimate of drug-likeness (QED) is 0.220. The number of pyridine rings is 1. The number of fused-ring (bicyclic) bond motifs is 2. The van der Waals surface area contributed by atoms with Crippen molar-refractivity contribution < 1.29 is 37.7 Å². The molecule has 2 N–H and O–H groups in total. The number of alkyl halides is 3. The number of morpholine rings is 1. The Bertz CT molecular complexity index is 1920. The molecule has 1 saturated heterocycles. The predicted octanol–water partition coefficient (Wildman–Crippen LogP) is 6.43. The van der Waals surface area contributed by atoms with Crippen LogP contribution in [0.2, 0.25) is 5.15 Å². The van der Waals surface area contributed by atoms with Gasteiger partial charge in [0.2, 0.25) is 0 Å². The molecule has 10 nitrogen and oxygen atoms in total. The molecule has 0 unspecified atom stereocenters. The van der Waals surface area contributed by atoms with E-state index in [1.54, 1.807) is 12.1 Å². The molecule has 1 aliphatic carbocycles. The summed E-state index contributed by atoms with van der Waals surface area (Å²) < 4.78 is 39.1. The summed E-state index contributed by atoms with van der Waals surface area (Å²) in [6.45, 7) is 2.79. The van der Waals surface area contributed by atoms with Crippen LogP contribution in [0.15, 0.2) is 66.7 Å². The summed E-state index contributed by atoms with van der Waals surface area (Å²) in [5.41, 5.74) is 6.71. The van der Waals surface area contributed by atoms with Crippen molar-refractivity contribution in [2.45, 2.75) is 30.9 Å². The molecule has 5 aromatic rings. The van der Waals surface area contributed by atoms with Gasteiger partial charge in [-0.3, -0.25) is 4.98 Å². The van der Waals surface area contributed by atoms with Crippen LogP contribution < -0.4 is 4.90 Å². The average Bonchev–Trinajstić information content (AvgIpc) is 3.38. The lowest BCUT2D eigenvalue weighted by Crippen LogP contribution is -2.36. The van der Waals surface area contributed by atoms with Gasteiger partial charge >= 0.3 is 18.1 Å². The molecule has 0 amide bonds. The van der Waals surface area contributed by atoms with E-state index in [-0.39, 0.29) is 11.5 Å². The number of benzene rings is 2. The molecule has 46 heavy (non-hydrogen) atoms. The Hall–Kier alpha value is -4.75. The SMILES string of the molecule is O=C(O)C(F)(F)F.O=C(O)c1ccc(-c2c(C3CC(c4ccc5ccccc5n4)C3)nc3c(N4CCOCC4)cc(Cl)nn23)cc1. The Balaban J connectivity index is 0.000000480. The summed E-state index contributed by atoms with van der Waals surface area (Å²) in [7, 11) is 0. The number of nitrogens with zero attached hydrogens (tertiary/aromatic N) is 5. The lowest BCUT2D eigenvalue weighted by molar-refractivity contribution is -0.192. The summed E-state index contributed by atoms with van der Waals surface area (Å²) in [4.78, 5) is 32.7. The number of anilines is 1. The van der Waals surface area contributed by atoms with Gasteiger partial charge < -0.3 is 19.8 Å². The average molecular weight is 654 g/mol. The van der Waals surface area contributed by atoms with Crippen LogP contribution in [0.3, 0.4) is 0 Å². The molecule has 0 bridgehead atoms. The number of aromatic carboxylic acids is 1. The van der Waals surface area contributed by atoms with Crippen LogP contribution in [0.1, 0.15) is 46.4 Å². The number of ether oxygens (including phenoxy) is 1. The van der Waals surface area contributed by atoms with Crippen LogP contribution in [0.25, 0.3) is 27.8 Å². The third-order valence-electron chi connectivity index (χ3n) is 8.12. The highest BCUT2D eigenvalue weighted by atomic mass is 35.5. The van der Waals surface area contributed by atoms with Crippen molar-refractivity contribution in [1.82, 2.24) is 19.6 Å². The van der Waals surface area contributed by atoms with Gasteiger partial charge in [-0.15, -0.1) is 0 Å². The minimum absolute atomic E-state index is 0.218. The zero-order chi connectivity index (χ0) is 32.6. The summed E-state index contributed by atoms with van der Waals surface area (Å²) in [6.07, 6.45) is -3.23. The van der Waals surface area contributed by atoms with Gasteiger partial charge in [0.1, 0.15) is 0 Å². The first-order valence-electron chi connectivity index (χ1n) is 14.4. The van der Waals surface area contributed by atoms with Crippen LogP contribution in [0, 0.1) is 0 Å². The normalized spacial score (nSPS) is 18.1. The molecule has 3 aromatic heterocycles. The van der Waals surface area contributed by atoms with Gasteiger partial charge in [0.05, 0.1) is 41.4 Å². The van der Waals surface area contributed by atoms with Crippen molar-refractivity contribution >= 4 is 45.8 Å². The lowest BCUT2D eigenvalue weighted by atomic mass is 9.71. The third-order valence-corrected chi connectivity index (χ3v) is 8.31. The first kappa shape index (κ1) is 31.2. The molecule has 14 heteroatoms. The second kappa shape index (κ2) is 12.6. The monoisotopic (exact) mass is 653 g/mol. The van der Waals surface area contributed by atoms with Crippen LogP contribution >= 0.6 is 11.6 Å². The van der Waals surface area contributed by atoms with E-state index in [1.165, 1.54) is 0 Å². The van der Waals surface area contributed by atoms with E-state index in [9.17, 15) is 23.1 Å². The first-order chi connectivity index (χ1) is 22.0. The molecular formula is C32H27ClF3N5O5. The molecule has 0 radical (unpaired) electrons. The number of halogens is 4. The van der Waals surface area contributed by atoms with Crippen molar-refractivity contribution in [1.29, 1.82) is 0 Å². The molecule has 0 atom stereocenters. The number of carbonyl (C=O) groups is 2. The number of hydrogen-bond donors (Lipinski definition) is 2. The molecule has 2 aromatic carbocycles. The van der Waals surface area contributed by atoms with E-state index < -0.39 is 18.1 Å². The molecular weight excluding hydrogens is 627 g/mol. The maximum absolute atomic E-state index is 11.5. The van der Waals surface area contributed by atoms with Gasteiger partial charge in [-0.25, -0.2) is 19.1 Å². The highest BCUT2D eigenvalue weighted by Gasteiger charge is 2.38. The number of hydrogen-bond acceptors (Lipinski definition) is 7. The summed E-state index contributed by atoms with van der Waals surface area (Å²) in [5.74, 6) is -3.15. The second-order valence-corrected chi connectivity index (χ2v) is 11.4. The fourth-order valence-electron chi connectivity index (χ4n) is 5.75.